The standard InChI is InChI=1S/C15H15Br2NO3/c1-21-13-5-3-2-4-12(13)18-14(19)8-6-10(16)11(17)7-9(8)15(18)20/h2-5,8-11H,6-7H2,1H3/t8-,9+,10+,11-. The summed E-state index contributed by atoms with van der Waals surface area (Å²) in [5.41, 5.74) is 0.543. The molecule has 2 aliphatic rings. The fourth-order valence-electron chi connectivity index (χ4n) is 3.15. The van der Waals surface area contributed by atoms with E-state index in [0.29, 0.717) is 24.3 Å². The van der Waals surface area contributed by atoms with Gasteiger partial charge in [-0.1, -0.05) is 44.0 Å². The quantitative estimate of drug-likeness (QED) is 0.549. The first kappa shape index (κ1) is 15.0. The maximum absolute atomic E-state index is 12.7. The zero-order valence-corrected chi connectivity index (χ0v) is 14.6. The zero-order chi connectivity index (χ0) is 15.1. The number of ether oxygens (including phenoxy) is 1. The number of anilines is 1. The molecule has 3 rings (SSSR count). The highest BCUT2D eigenvalue weighted by Gasteiger charge is 2.52. The van der Waals surface area contributed by atoms with E-state index in [-0.39, 0.29) is 33.3 Å². The number of hydrogen-bond acceptors (Lipinski definition) is 3. The molecule has 1 aromatic carbocycles. The number of hydrogen-bond donors (Lipinski definition) is 0. The Hall–Kier alpha value is -0.880. The van der Waals surface area contributed by atoms with Crippen molar-refractivity contribution in [2.75, 3.05) is 12.0 Å². The molecule has 0 N–H and O–H groups in total. The molecule has 2 fully saturated rings. The van der Waals surface area contributed by atoms with Crippen molar-refractivity contribution in [1.29, 1.82) is 0 Å². The van der Waals surface area contributed by atoms with Crippen LogP contribution in [0.4, 0.5) is 5.69 Å². The molecule has 6 heteroatoms. The number of methoxy groups -OCH3 is 1. The predicted octanol–water partition coefficient (Wildman–Crippen LogP) is 3.12. The van der Waals surface area contributed by atoms with Crippen molar-refractivity contribution in [3.8, 4) is 5.75 Å². The lowest BCUT2D eigenvalue weighted by Crippen LogP contribution is -2.34. The zero-order valence-electron chi connectivity index (χ0n) is 11.5. The lowest BCUT2D eigenvalue weighted by molar-refractivity contribution is -0.122. The lowest BCUT2D eigenvalue weighted by Gasteiger charge is -2.29. The maximum Gasteiger partial charge on any atom is 0.237 e. The summed E-state index contributed by atoms with van der Waals surface area (Å²) in [5.74, 6) is -0.151. The summed E-state index contributed by atoms with van der Waals surface area (Å²) < 4.78 is 5.29. The Morgan fingerprint density at radius 2 is 1.57 bits per heavy atom. The van der Waals surface area contributed by atoms with Crippen molar-refractivity contribution in [2.45, 2.75) is 22.5 Å². The van der Waals surface area contributed by atoms with Crippen LogP contribution in [0, 0.1) is 11.8 Å². The minimum Gasteiger partial charge on any atom is -0.495 e. The van der Waals surface area contributed by atoms with Crippen LogP contribution in [0.1, 0.15) is 12.8 Å². The van der Waals surface area contributed by atoms with Crippen LogP contribution in [0.2, 0.25) is 0 Å². The number of carbonyl (C=O) groups excluding carboxylic acids is 2. The molecule has 0 unspecified atom stereocenters. The number of benzene rings is 1. The summed E-state index contributed by atoms with van der Waals surface area (Å²) in [5, 5.41) is 0. The molecular formula is C15H15Br2NO3. The van der Waals surface area contributed by atoms with Gasteiger partial charge in [-0.2, -0.15) is 0 Å². The Morgan fingerprint density at radius 1 is 1.05 bits per heavy atom. The van der Waals surface area contributed by atoms with Gasteiger partial charge in [-0.15, -0.1) is 0 Å². The molecule has 2 amide bonds. The first-order valence-electron chi connectivity index (χ1n) is 6.83. The molecule has 21 heavy (non-hydrogen) atoms. The van der Waals surface area contributed by atoms with E-state index in [1.54, 1.807) is 25.3 Å². The molecule has 0 spiro atoms. The smallest absolute Gasteiger partial charge is 0.237 e. The molecule has 112 valence electrons. The Balaban J connectivity index is 1.98. The fraction of sp³-hybridized carbons (Fsp3) is 0.467. The summed E-state index contributed by atoms with van der Waals surface area (Å²) in [6.07, 6.45) is 1.35. The molecule has 0 bridgehead atoms. The van der Waals surface area contributed by atoms with E-state index < -0.39 is 0 Å². The molecule has 4 atom stereocenters. The van der Waals surface area contributed by atoms with Crippen molar-refractivity contribution in [3.63, 3.8) is 0 Å². The van der Waals surface area contributed by atoms with Gasteiger partial charge in [0, 0.05) is 9.65 Å². The number of halogens is 2. The minimum atomic E-state index is -0.236. The summed E-state index contributed by atoms with van der Waals surface area (Å²) in [6.45, 7) is 0. The highest BCUT2D eigenvalue weighted by atomic mass is 79.9. The van der Waals surface area contributed by atoms with Crippen LogP contribution in [0.15, 0.2) is 24.3 Å². The van der Waals surface area contributed by atoms with Gasteiger partial charge >= 0.3 is 0 Å². The number of amides is 2. The second kappa shape index (κ2) is 5.72. The van der Waals surface area contributed by atoms with Crippen molar-refractivity contribution in [2.24, 2.45) is 11.8 Å². The van der Waals surface area contributed by atoms with Gasteiger partial charge in [0.05, 0.1) is 24.6 Å². The Kier molecular flexibility index (Phi) is 4.10. The van der Waals surface area contributed by atoms with E-state index in [9.17, 15) is 9.59 Å². The van der Waals surface area contributed by atoms with Crippen molar-refractivity contribution in [3.05, 3.63) is 24.3 Å². The second-order valence-electron chi connectivity index (χ2n) is 5.40. The maximum atomic E-state index is 12.7. The van der Waals surface area contributed by atoms with Crippen LogP contribution >= 0.6 is 31.9 Å². The Labute approximate surface area is 140 Å². The molecular weight excluding hydrogens is 402 g/mol. The molecule has 1 aromatic rings. The van der Waals surface area contributed by atoms with Crippen LogP contribution in [0.25, 0.3) is 0 Å². The third-order valence-corrected chi connectivity index (χ3v) is 6.97. The fourth-order valence-corrected chi connectivity index (χ4v) is 4.38. The second-order valence-corrected chi connectivity index (χ2v) is 7.75. The lowest BCUT2D eigenvalue weighted by atomic mass is 9.81. The molecule has 1 saturated carbocycles. The van der Waals surface area contributed by atoms with Crippen LogP contribution in [0.5, 0.6) is 5.75 Å². The third kappa shape index (κ3) is 2.42. The average molecular weight is 417 g/mol. The van der Waals surface area contributed by atoms with Crippen LogP contribution in [0.3, 0.4) is 0 Å². The highest BCUT2D eigenvalue weighted by Crippen LogP contribution is 2.45. The van der Waals surface area contributed by atoms with E-state index in [1.807, 2.05) is 6.07 Å². The highest BCUT2D eigenvalue weighted by molar-refractivity contribution is 9.12. The largest absolute Gasteiger partial charge is 0.495 e. The number of rotatable bonds is 2. The topological polar surface area (TPSA) is 46.6 Å². The minimum absolute atomic E-state index is 0.113. The van der Waals surface area contributed by atoms with Gasteiger partial charge in [0.25, 0.3) is 0 Å². The number of para-hydroxylation sites is 2. The van der Waals surface area contributed by atoms with Gasteiger partial charge in [-0.05, 0) is 25.0 Å². The monoisotopic (exact) mass is 415 g/mol. The molecule has 1 saturated heterocycles. The van der Waals surface area contributed by atoms with E-state index in [2.05, 4.69) is 31.9 Å². The van der Waals surface area contributed by atoms with Gasteiger partial charge < -0.3 is 4.74 Å². The van der Waals surface area contributed by atoms with E-state index >= 15 is 0 Å². The van der Waals surface area contributed by atoms with Gasteiger partial charge in [0.1, 0.15) is 5.75 Å². The van der Waals surface area contributed by atoms with Gasteiger partial charge in [0.15, 0.2) is 0 Å². The summed E-state index contributed by atoms with van der Waals surface area (Å²) >= 11 is 7.18. The molecule has 1 aliphatic heterocycles. The Bertz CT molecular complexity index is 564. The number of carbonyl (C=O) groups is 2. The van der Waals surface area contributed by atoms with E-state index in [0.717, 1.165) is 0 Å². The first-order chi connectivity index (χ1) is 10.0. The molecule has 4 nitrogen and oxygen atoms in total. The molecule has 0 aromatic heterocycles. The van der Waals surface area contributed by atoms with E-state index in [1.165, 1.54) is 4.90 Å². The van der Waals surface area contributed by atoms with Crippen molar-refractivity contribution < 1.29 is 14.3 Å². The van der Waals surface area contributed by atoms with Crippen LogP contribution in [-0.2, 0) is 9.59 Å². The SMILES string of the molecule is COc1ccccc1N1C(=O)[C@H]2C[C@@H](Br)[C@@H](Br)C[C@H]2C1=O. The van der Waals surface area contributed by atoms with E-state index in [4.69, 9.17) is 4.74 Å². The number of fused-ring (bicyclic) bond motifs is 1. The summed E-state index contributed by atoms with van der Waals surface area (Å²) in [6, 6.07) is 7.14. The van der Waals surface area contributed by atoms with Gasteiger partial charge in [-0.3, -0.25) is 9.59 Å². The normalized spacial score (nSPS) is 32.2. The molecule has 1 aliphatic carbocycles. The summed E-state index contributed by atoms with van der Waals surface area (Å²) in [4.78, 5) is 27.1. The molecule has 0 radical (unpaired) electrons. The summed E-state index contributed by atoms with van der Waals surface area (Å²) in [7, 11) is 1.54. The molecule has 1 heterocycles. The van der Waals surface area contributed by atoms with Gasteiger partial charge in [0.2, 0.25) is 11.8 Å². The van der Waals surface area contributed by atoms with Gasteiger partial charge in [-0.25, -0.2) is 4.90 Å². The van der Waals surface area contributed by atoms with Crippen molar-refractivity contribution in [1.82, 2.24) is 0 Å². The third-order valence-electron chi connectivity index (χ3n) is 4.24. The van der Waals surface area contributed by atoms with Crippen LogP contribution < -0.4 is 9.64 Å². The first-order valence-corrected chi connectivity index (χ1v) is 8.66. The predicted molar refractivity (Wildman–Crippen MR) is 87.1 cm³/mol. The average Bonchev–Trinajstić information content (AvgIpc) is 2.71. The Morgan fingerprint density at radius 3 is 2.10 bits per heavy atom. The van der Waals surface area contributed by atoms with Crippen molar-refractivity contribution >= 4 is 49.4 Å². The number of imide groups is 1. The van der Waals surface area contributed by atoms with Crippen LogP contribution in [-0.4, -0.2) is 28.6 Å². The number of alkyl halides is 2. The number of nitrogens with zero attached hydrogens (tertiary/aromatic N) is 1.